The molecule has 4 aliphatic rings. The summed E-state index contributed by atoms with van der Waals surface area (Å²) in [6, 6.07) is 11.1. The number of hydrogen-bond acceptors (Lipinski definition) is 5. The van der Waals surface area contributed by atoms with E-state index in [9.17, 15) is 14.4 Å². The van der Waals surface area contributed by atoms with Crippen LogP contribution in [-0.4, -0.2) is 59.7 Å². The summed E-state index contributed by atoms with van der Waals surface area (Å²) in [7, 11) is 0. The number of carbonyl (C=O) groups excluding carboxylic acids is 3. The van der Waals surface area contributed by atoms with Crippen LogP contribution in [0.2, 0.25) is 5.02 Å². The van der Waals surface area contributed by atoms with Gasteiger partial charge in [0.15, 0.2) is 0 Å². The average molecular weight is 518 g/mol. The lowest BCUT2D eigenvalue weighted by Crippen LogP contribution is -2.60. The van der Waals surface area contributed by atoms with E-state index >= 15 is 0 Å². The molecule has 0 aliphatic carbocycles. The summed E-state index contributed by atoms with van der Waals surface area (Å²) in [6.07, 6.45) is 2.92. The standard InChI is InChI=1S/C28H28ClN5O3/c1-30-23-5-2-18(12-22(23)29)14-32-10-8-28(9-11-32)16-33(17-28)20-3-4-21-19(13-20)15-34(27(21)37)24-6-7-25(35)31-26(24)36/h2-5,12-13,24H,6-11,14-17H2,(H,31,35,36). The number of rotatable bonds is 4. The Morgan fingerprint density at radius 2 is 1.86 bits per heavy atom. The summed E-state index contributed by atoms with van der Waals surface area (Å²) in [6.45, 7) is 12.5. The minimum absolute atomic E-state index is 0.131. The number of benzene rings is 2. The Morgan fingerprint density at radius 1 is 1.08 bits per heavy atom. The fourth-order valence-corrected chi connectivity index (χ4v) is 6.45. The number of hydrogen-bond donors (Lipinski definition) is 1. The maximum Gasteiger partial charge on any atom is 0.255 e. The Hall–Kier alpha value is -3.41. The van der Waals surface area contributed by atoms with Gasteiger partial charge in [0.05, 0.1) is 6.57 Å². The molecule has 4 aliphatic heterocycles. The van der Waals surface area contributed by atoms with Gasteiger partial charge in [-0.05, 0) is 67.7 Å². The van der Waals surface area contributed by atoms with Crippen LogP contribution < -0.4 is 10.2 Å². The third-order valence-corrected chi connectivity index (χ3v) is 8.68. The fraction of sp³-hybridized carbons (Fsp3) is 0.429. The number of imide groups is 1. The second-order valence-corrected chi connectivity index (χ2v) is 11.2. The van der Waals surface area contributed by atoms with E-state index in [1.165, 1.54) is 0 Å². The van der Waals surface area contributed by atoms with Crippen molar-refractivity contribution >= 4 is 40.7 Å². The predicted octanol–water partition coefficient (Wildman–Crippen LogP) is 3.75. The van der Waals surface area contributed by atoms with Gasteiger partial charge in [-0.1, -0.05) is 23.7 Å². The van der Waals surface area contributed by atoms with Crippen LogP contribution in [0.3, 0.4) is 0 Å². The number of piperidine rings is 2. The number of fused-ring (bicyclic) bond motifs is 1. The van der Waals surface area contributed by atoms with Crippen LogP contribution in [0.5, 0.6) is 0 Å². The molecule has 3 fully saturated rings. The van der Waals surface area contributed by atoms with E-state index in [0.29, 0.717) is 34.7 Å². The Morgan fingerprint density at radius 3 is 2.57 bits per heavy atom. The van der Waals surface area contributed by atoms with Crippen LogP contribution in [0.1, 0.15) is 47.2 Å². The minimum atomic E-state index is -0.583. The summed E-state index contributed by atoms with van der Waals surface area (Å²) >= 11 is 6.21. The topological polar surface area (TPSA) is 77.3 Å². The van der Waals surface area contributed by atoms with E-state index in [2.05, 4.69) is 26.0 Å². The number of nitrogens with zero attached hydrogens (tertiary/aromatic N) is 4. The van der Waals surface area contributed by atoms with Crippen molar-refractivity contribution in [2.45, 2.75) is 44.8 Å². The van der Waals surface area contributed by atoms with Crippen molar-refractivity contribution < 1.29 is 14.4 Å². The van der Waals surface area contributed by atoms with Crippen LogP contribution >= 0.6 is 11.6 Å². The Kier molecular flexibility index (Phi) is 5.93. The lowest BCUT2D eigenvalue weighted by molar-refractivity contribution is -0.136. The SMILES string of the molecule is [C-]#[N+]c1ccc(CN2CCC3(CC2)CN(c2ccc4c(c2)CN(C2CCC(=O)NC2=O)C4=O)C3)cc1Cl. The molecule has 6 rings (SSSR count). The van der Waals surface area contributed by atoms with Gasteiger partial charge < -0.3 is 9.80 Å². The highest BCUT2D eigenvalue weighted by Gasteiger charge is 2.45. The van der Waals surface area contributed by atoms with Crippen molar-refractivity contribution in [2.24, 2.45) is 5.41 Å². The maximum atomic E-state index is 13.0. The van der Waals surface area contributed by atoms with Gasteiger partial charge in [0, 0.05) is 54.3 Å². The molecule has 4 heterocycles. The number of carbonyl (C=O) groups is 3. The normalized spacial score (nSPS) is 23.0. The van der Waals surface area contributed by atoms with Crippen molar-refractivity contribution in [3.63, 3.8) is 0 Å². The molecule has 1 N–H and O–H groups in total. The zero-order valence-corrected chi connectivity index (χ0v) is 21.3. The van der Waals surface area contributed by atoms with Gasteiger partial charge in [0.2, 0.25) is 17.5 Å². The number of amides is 3. The monoisotopic (exact) mass is 517 g/mol. The molecule has 0 radical (unpaired) electrons. The highest BCUT2D eigenvalue weighted by Crippen LogP contribution is 2.44. The van der Waals surface area contributed by atoms with Gasteiger partial charge in [-0.3, -0.25) is 24.6 Å². The molecule has 3 saturated heterocycles. The number of likely N-dealkylation sites (tertiary alicyclic amines) is 1. The summed E-state index contributed by atoms with van der Waals surface area (Å²) in [4.78, 5) is 46.7. The van der Waals surface area contributed by atoms with E-state index in [1.807, 2.05) is 24.3 Å². The van der Waals surface area contributed by atoms with Crippen molar-refractivity contribution in [1.82, 2.24) is 15.1 Å². The molecule has 9 heteroatoms. The Balaban J connectivity index is 1.05. The van der Waals surface area contributed by atoms with Crippen LogP contribution in [0.25, 0.3) is 4.85 Å². The van der Waals surface area contributed by atoms with Gasteiger partial charge in [-0.15, -0.1) is 0 Å². The van der Waals surface area contributed by atoms with Gasteiger partial charge in [0.1, 0.15) is 6.04 Å². The third kappa shape index (κ3) is 4.36. The molecular weight excluding hydrogens is 490 g/mol. The quantitative estimate of drug-likeness (QED) is 0.493. The van der Waals surface area contributed by atoms with Crippen molar-refractivity contribution in [3.05, 3.63) is 69.5 Å². The Labute approximate surface area is 221 Å². The number of nitrogens with one attached hydrogen (secondary N) is 1. The summed E-state index contributed by atoms with van der Waals surface area (Å²) < 4.78 is 0. The first-order chi connectivity index (χ1) is 17.8. The molecule has 8 nitrogen and oxygen atoms in total. The zero-order valence-electron chi connectivity index (χ0n) is 20.5. The van der Waals surface area contributed by atoms with Crippen LogP contribution in [-0.2, 0) is 22.7 Å². The highest BCUT2D eigenvalue weighted by atomic mass is 35.5. The first-order valence-corrected chi connectivity index (χ1v) is 13.1. The highest BCUT2D eigenvalue weighted by molar-refractivity contribution is 6.33. The van der Waals surface area contributed by atoms with E-state index in [-0.39, 0.29) is 24.1 Å². The van der Waals surface area contributed by atoms with Crippen LogP contribution in [0.4, 0.5) is 11.4 Å². The minimum Gasteiger partial charge on any atom is -0.370 e. The fourth-order valence-electron chi connectivity index (χ4n) is 6.20. The smallest absolute Gasteiger partial charge is 0.255 e. The molecule has 0 aromatic heterocycles. The van der Waals surface area contributed by atoms with Crippen molar-refractivity contribution in [2.75, 3.05) is 31.1 Å². The van der Waals surface area contributed by atoms with Gasteiger partial charge in [-0.25, -0.2) is 4.85 Å². The first-order valence-electron chi connectivity index (χ1n) is 12.7. The molecule has 1 spiro atoms. The van der Waals surface area contributed by atoms with Crippen LogP contribution in [0.15, 0.2) is 36.4 Å². The predicted molar refractivity (Wildman–Crippen MR) is 139 cm³/mol. The summed E-state index contributed by atoms with van der Waals surface area (Å²) in [5, 5.41) is 2.88. The number of anilines is 1. The van der Waals surface area contributed by atoms with Gasteiger partial charge in [0.25, 0.3) is 5.91 Å². The lowest BCUT2D eigenvalue weighted by Gasteiger charge is -2.55. The second-order valence-electron chi connectivity index (χ2n) is 10.8. The molecule has 37 heavy (non-hydrogen) atoms. The first kappa shape index (κ1) is 24.0. The molecule has 1 unspecified atom stereocenters. The number of halogens is 1. The molecule has 2 aromatic carbocycles. The van der Waals surface area contributed by atoms with Gasteiger partial charge in [-0.2, -0.15) is 0 Å². The van der Waals surface area contributed by atoms with Gasteiger partial charge >= 0.3 is 0 Å². The van der Waals surface area contributed by atoms with E-state index in [4.69, 9.17) is 18.2 Å². The van der Waals surface area contributed by atoms with Crippen LogP contribution in [0, 0.1) is 12.0 Å². The molecule has 1 atom stereocenters. The van der Waals surface area contributed by atoms with Crippen molar-refractivity contribution in [3.8, 4) is 0 Å². The summed E-state index contributed by atoms with van der Waals surface area (Å²) in [5.41, 5.74) is 4.70. The second kappa shape index (κ2) is 9.16. The third-order valence-electron chi connectivity index (χ3n) is 8.38. The molecule has 190 valence electrons. The maximum absolute atomic E-state index is 13.0. The van der Waals surface area contributed by atoms with E-state index < -0.39 is 6.04 Å². The molecule has 0 saturated carbocycles. The molecular formula is C28H28ClN5O3. The Bertz CT molecular complexity index is 1340. The summed E-state index contributed by atoms with van der Waals surface area (Å²) in [5.74, 6) is -0.782. The average Bonchev–Trinajstić information content (AvgIpc) is 3.19. The van der Waals surface area contributed by atoms with E-state index in [1.54, 1.807) is 11.0 Å². The lowest BCUT2D eigenvalue weighted by atomic mass is 9.71. The molecule has 2 aromatic rings. The van der Waals surface area contributed by atoms with Crippen molar-refractivity contribution in [1.29, 1.82) is 0 Å². The molecule has 0 bridgehead atoms. The van der Waals surface area contributed by atoms with E-state index in [0.717, 1.165) is 62.4 Å². The zero-order chi connectivity index (χ0) is 25.7. The molecule has 3 amide bonds. The largest absolute Gasteiger partial charge is 0.370 e.